The summed E-state index contributed by atoms with van der Waals surface area (Å²) < 4.78 is 36.9. The minimum atomic E-state index is -3.87. The van der Waals surface area contributed by atoms with Gasteiger partial charge in [0.05, 0.1) is 4.90 Å². The van der Waals surface area contributed by atoms with Gasteiger partial charge < -0.3 is 0 Å². The molecule has 0 aliphatic carbocycles. The van der Waals surface area contributed by atoms with E-state index in [9.17, 15) is 17.6 Å². The molecule has 21 heavy (non-hydrogen) atoms. The second kappa shape index (κ2) is 6.02. The van der Waals surface area contributed by atoms with E-state index in [0.29, 0.717) is 0 Å². The minimum absolute atomic E-state index is 0.0154. The highest BCUT2D eigenvalue weighted by Gasteiger charge is 2.15. The third-order valence-corrected chi connectivity index (χ3v) is 3.98. The zero-order chi connectivity index (χ0) is 15.5. The van der Waals surface area contributed by atoms with Crippen molar-refractivity contribution >= 4 is 15.9 Å². The maximum Gasteiger partial charge on any atom is 0.266 e. The van der Waals surface area contributed by atoms with E-state index in [1.54, 1.807) is 12.1 Å². The van der Waals surface area contributed by atoms with Crippen molar-refractivity contribution < 1.29 is 17.6 Å². The molecule has 110 valence electrons. The Balaban J connectivity index is 2.08. The van der Waals surface area contributed by atoms with Gasteiger partial charge in [0.1, 0.15) is 5.82 Å². The molecular formula is C14H13FN2O3S. The number of rotatable bonds is 4. The fourth-order valence-electron chi connectivity index (χ4n) is 1.59. The number of sulfonamides is 1. The third-order valence-electron chi connectivity index (χ3n) is 2.72. The molecule has 0 spiro atoms. The van der Waals surface area contributed by atoms with Crippen molar-refractivity contribution in [3.05, 3.63) is 65.5 Å². The Morgan fingerprint density at radius 2 is 1.76 bits per heavy atom. The van der Waals surface area contributed by atoms with Gasteiger partial charge in [-0.05, 0) is 37.3 Å². The van der Waals surface area contributed by atoms with Crippen LogP contribution >= 0.6 is 0 Å². The highest BCUT2D eigenvalue weighted by Crippen LogP contribution is 2.09. The Morgan fingerprint density at radius 1 is 1.10 bits per heavy atom. The van der Waals surface area contributed by atoms with Crippen LogP contribution in [-0.2, 0) is 10.0 Å². The Kier molecular flexibility index (Phi) is 4.35. The van der Waals surface area contributed by atoms with Crippen LogP contribution in [0, 0.1) is 12.7 Å². The smallest absolute Gasteiger partial charge is 0.266 e. The number of halogens is 1. The van der Waals surface area contributed by atoms with E-state index >= 15 is 0 Å². The van der Waals surface area contributed by atoms with E-state index in [-0.39, 0.29) is 10.5 Å². The van der Waals surface area contributed by atoms with Crippen LogP contribution in [0.15, 0.2) is 53.4 Å². The van der Waals surface area contributed by atoms with Crippen molar-refractivity contribution in [2.75, 3.05) is 0 Å². The summed E-state index contributed by atoms with van der Waals surface area (Å²) in [4.78, 5) is 13.7. The molecule has 0 saturated heterocycles. The lowest BCUT2D eigenvalue weighted by atomic mass is 10.2. The van der Waals surface area contributed by atoms with Crippen LogP contribution < -0.4 is 10.3 Å². The fourth-order valence-corrected chi connectivity index (χ4v) is 2.43. The summed E-state index contributed by atoms with van der Waals surface area (Å²) in [5.41, 5.74) is 2.97. The van der Waals surface area contributed by atoms with Gasteiger partial charge in [-0.2, -0.15) is 0 Å². The number of carbonyl (C=O) groups excluding carboxylic acids is 1. The molecule has 1 amide bonds. The number of nitrogens with one attached hydrogen (secondary N) is 2. The molecule has 0 saturated carbocycles. The molecule has 5 nitrogen and oxygen atoms in total. The maximum atomic E-state index is 13.0. The monoisotopic (exact) mass is 308 g/mol. The molecule has 0 radical (unpaired) electrons. The number of carbonyl (C=O) groups is 1. The second-order valence-electron chi connectivity index (χ2n) is 4.38. The summed E-state index contributed by atoms with van der Waals surface area (Å²) >= 11 is 0. The molecule has 0 fully saturated rings. The lowest BCUT2D eigenvalue weighted by molar-refractivity contribution is 0.0944. The summed E-state index contributed by atoms with van der Waals surface area (Å²) in [5, 5.41) is 0. The molecule has 2 aromatic carbocycles. The van der Waals surface area contributed by atoms with E-state index < -0.39 is 21.7 Å². The predicted molar refractivity (Wildman–Crippen MR) is 75.4 cm³/mol. The highest BCUT2D eigenvalue weighted by atomic mass is 32.2. The predicted octanol–water partition coefficient (Wildman–Crippen LogP) is 1.76. The molecular weight excluding hydrogens is 295 g/mol. The van der Waals surface area contributed by atoms with E-state index in [1.165, 1.54) is 30.3 Å². The molecule has 7 heteroatoms. The first-order chi connectivity index (χ1) is 9.88. The fraction of sp³-hybridized carbons (Fsp3) is 0.0714. The van der Waals surface area contributed by atoms with Gasteiger partial charge >= 0.3 is 0 Å². The average molecular weight is 308 g/mol. The van der Waals surface area contributed by atoms with E-state index in [1.807, 2.05) is 17.2 Å². The van der Waals surface area contributed by atoms with Crippen LogP contribution in [0.5, 0.6) is 0 Å². The zero-order valence-electron chi connectivity index (χ0n) is 11.1. The first-order valence-electron chi connectivity index (χ1n) is 6.03. The van der Waals surface area contributed by atoms with Gasteiger partial charge in [0.25, 0.3) is 15.9 Å². The number of aryl methyl sites for hydroxylation is 1. The van der Waals surface area contributed by atoms with Gasteiger partial charge in [0.2, 0.25) is 0 Å². The standard InChI is InChI=1S/C14H13FN2O3S/c1-10-5-7-13(8-6-10)21(19,20)17-16-14(18)11-3-2-4-12(15)9-11/h2-9,17H,1H3,(H,16,18). The summed E-state index contributed by atoms with van der Waals surface area (Å²) in [5.74, 6) is -1.32. The first kappa shape index (κ1) is 15.1. The molecule has 0 aromatic heterocycles. The molecule has 0 aliphatic rings. The lowest BCUT2D eigenvalue weighted by Gasteiger charge is -2.08. The van der Waals surface area contributed by atoms with Gasteiger partial charge in [-0.25, -0.2) is 12.8 Å². The maximum absolute atomic E-state index is 13.0. The lowest BCUT2D eigenvalue weighted by Crippen LogP contribution is -2.41. The van der Waals surface area contributed by atoms with Gasteiger partial charge in [0, 0.05) is 5.56 Å². The van der Waals surface area contributed by atoms with Crippen molar-refractivity contribution in [2.24, 2.45) is 0 Å². The van der Waals surface area contributed by atoms with Crippen LogP contribution in [0.3, 0.4) is 0 Å². The molecule has 0 atom stereocenters. The number of hydrazine groups is 1. The van der Waals surface area contributed by atoms with Crippen LogP contribution in [-0.4, -0.2) is 14.3 Å². The van der Waals surface area contributed by atoms with Crippen molar-refractivity contribution in [2.45, 2.75) is 11.8 Å². The van der Waals surface area contributed by atoms with Crippen molar-refractivity contribution in [1.82, 2.24) is 10.3 Å². The summed E-state index contributed by atoms with van der Waals surface area (Å²) in [7, 11) is -3.87. The third kappa shape index (κ3) is 3.87. The van der Waals surface area contributed by atoms with E-state index in [0.717, 1.165) is 11.6 Å². The molecule has 2 rings (SSSR count). The Labute approximate surface area is 121 Å². The van der Waals surface area contributed by atoms with Gasteiger partial charge in [-0.3, -0.25) is 10.2 Å². The Morgan fingerprint density at radius 3 is 2.38 bits per heavy atom. The molecule has 0 heterocycles. The summed E-state index contributed by atoms with van der Waals surface area (Å²) in [6.45, 7) is 1.83. The molecule has 0 aliphatic heterocycles. The summed E-state index contributed by atoms with van der Waals surface area (Å²) in [6.07, 6.45) is 0. The van der Waals surface area contributed by atoms with Crippen LogP contribution in [0.4, 0.5) is 4.39 Å². The number of hydrogen-bond acceptors (Lipinski definition) is 3. The van der Waals surface area contributed by atoms with Crippen molar-refractivity contribution in [3.8, 4) is 0 Å². The normalized spacial score (nSPS) is 11.1. The molecule has 0 unspecified atom stereocenters. The number of benzene rings is 2. The molecule has 2 N–H and O–H groups in total. The second-order valence-corrected chi connectivity index (χ2v) is 6.07. The minimum Gasteiger partial charge on any atom is -0.273 e. The number of hydrogen-bond donors (Lipinski definition) is 2. The highest BCUT2D eigenvalue weighted by molar-refractivity contribution is 7.89. The quantitative estimate of drug-likeness (QED) is 0.845. The van der Waals surface area contributed by atoms with Crippen LogP contribution in [0.2, 0.25) is 0 Å². The topological polar surface area (TPSA) is 75.3 Å². The van der Waals surface area contributed by atoms with E-state index in [4.69, 9.17) is 0 Å². The summed E-state index contributed by atoms with van der Waals surface area (Å²) in [6, 6.07) is 11.1. The van der Waals surface area contributed by atoms with Crippen molar-refractivity contribution in [1.29, 1.82) is 0 Å². The average Bonchev–Trinajstić information content (AvgIpc) is 2.45. The van der Waals surface area contributed by atoms with Gasteiger partial charge in [0.15, 0.2) is 0 Å². The van der Waals surface area contributed by atoms with Crippen LogP contribution in [0.25, 0.3) is 0 Å². The van der Waals surface area contributed by atoms with Crippen molar-refractivity contribution in [3.63, 3.8) is 0 Å². The first-order valence-corrected chi connectivity index (χ1v) is 7.51. The van der Waals surface area contributed by atoms with Crippen LogP contribution in [0.1, 0.15) is 15.9 Å². The molecule has 2 aromatic rings. The largest absolute Gasteiger partial charge is 0.273 e. The van der Waals surface area contributed by atoms with Gasteiger partial charge in [-0.15, -0.1) is 4.83 Å². The molecule has 0 bridgehead atoms. The van der Waals surface area contributed by atoms with E-state index in [2.05, 4.69) is 0 Å². The SMILES string of the molecule is Cc1ccc(S(=O)(=O)NNC(=O)c2cccc(F)c2)cc1. The zero-order valence-corrected chi connectivity index (χ0v) is 11.9. The van der Waals surface area contributed by atoms with Gasteiger partial charge in [-0.1, -0.05) is 23.8 Å². The Bertz CT molecular complexity index is 758. The number of amides is 1. The Hall–Kier alpha value is -2.25.